The first kappa shape index (κ1) is 14.8. The van der Waals surface area contributed by atoms with Crippen molar-refractivity contribution in [3.05, 3.63) is 0 Å². The first-order chi connectivity index (χ1) is 8.49. The number of urea groups is 1. The highest BCUT2D eigenvalue weighted by Gasteiger charge is 2.21. The monoisotopic (exact) mass is 256 g/mol. The van der Waals surface area contributed by atoms with E-state index < -0.39 is 11.9 Å². The molecule has 2 amide bonds. The minimum atomic E-state index is -0.843. The average Bonchev–Trinajstić information content (AvgIpc) is 2.76. The predicted molar refractivity (Wildman–Crippen MR) is 69.4 cm³/mol. The molecule has 1 saturated carbocycles. The summed E-state index contributed by atoms with van der Waals surface area (Å²) in [5.41, 5.74) is 0. The molecule has 0 aromatic carbocycles. The highest BCUT2D eigenvalue weighted by molar-refractivity contribution is 5.76. The molecular formula is C13H24N2O3. The maximum absolute atomic E-state index is 11.6. The minimum absolute atomic E-state index is 0.200. The molecule has 1 aliphatic carbocycles. The van der Waals surface area contributed by atoms with Gasteiger partial charge in [0.1, 0.15) is 0 Å². The number of hydrogen-bond acceptors (Lipinski definition) is 2. The zero-order valence-electron chi connectivity index (χ0n) is 11.2. The summed E-state index contributed by atoms with van der Waals surface area (Å²) in [6, 6.07) is 0.0234. The zero-order valence-corrected chi connectivity index (χ0v) is 11.2. The Balaban J connectivity index is 2.27. The van der Waals surface area contributed by atoms with Gasteiger partial charge in [-0.1, -0.05) is 26.7 Å². The van der Waals surface area contributed by atoms with Crippen LogP contribution in [0.25, 0.3) is 0 Å². The molecule has 1 unspecified atom stereocenters. The third-order valence-corrected chi connectivity index (χ3v) is 3.30. The van der Waals surface area contributed by atoms with Gasteiger partial charge < -0.3 is 15.7 Å². The van der Waals surface area contributed by atoms with Crippen LogP contribution < -0.4 is 10.6 Å². The lowest BCUT2D eigenvalue weighted by Crippen LogP contribution is -2.43. The van der Waals surface area contributed by atoms with Crippen molar-refractivity contribution in [1.29, 1.82) is 0 Å². The SMILES string of the molecule is CC(C)CC(CNC(=O)NC1CCCC1)C(=O)O. The highest BCUT2D eigenvalue weighted by atomic mass is 16.4. The van der Waals surface area contributed by atoms with Crippen LogP contribution in [0.3, 0.4) is 0 Å². The van der Waals surface area contributed by atoms with Crippen molar-refractivity contribution in [3.8, 4) is 0 Å². The van der Waals surface area contributed by atoms with Crippen LogP contribution in [-0.2, 0) is 4.79 Å². The third kappa shape index (κ3) is 5.38. The van der Waals surface area contributed by atoms with Crippen LogP contribution in [0.2, 0.25) is 0 Å². The number of aliphatic carboxylic acids is 1. The molecule has 1 fully saturated rings. The molecule has 0 saturated heterocycles. The Labute approximate surface area is 108 Å². The maximum Gasteiger partial charge on any atom is 0.315 e. The van der Waals surface area contributed by atoms with Crippen molar-refractivity contribution in [2.75, 3.05) is 6.54 Å². The Morgan fingerprint density at radius 3 is 2.39 bits per heavy atom. The largest absolute Gasteiger partial charge is 0.481 e. The smallest absolute Gasteiger partial charge is 0.315 e. The molecule has 0 bridgehead atoms. The van der Waals surface area contributed by atoms with Crippen LogP contribution in [0, 0.1) is 11.8 Å². The van der Waals surface area contributed by atoms with E-state index in [-0.39, 0.29) is 18.6 Å². The van der Waals surface area contributed by atoms with E-state index in [9.17, 15) is 9.59 Å². The van der Waals surface area contributed by atoms with Gasteiger partial charge in [-0.2, -0.15) is 0 Å². The van der Waals surface area contributed by atoms with Crippen LogP contribution in [-0.4, -0.2) is 29.7 Å². The van der Waals surface area contributed by atoms with Gasteiger partial charge in [0.25, 0.3) is 0 Å². The average molecular weight is 256 g/mol. The van der Waals surface area contributed by atoms with Crippen LogP contribution in [0.5, 0.6) is 0 Å². The Kier molecular flexibility index (Phi) is 5.95. The van der Waals surface area contributed by atoms with Gasteiger partial charge >= 0.3 is 12.0 Å². The van der Waals surface area contributed by atoms with E-state index in [1.165, 1.54) is 0 Å². The van der Waals surface area contributed by atoms with E-state index in [4.69, 9.17) is 5.11 Å². The quantitative estimate of drug-likeness (QED) is 0.680. The van der Waals surface area contributed by atoms with Crippen molar-refractivity contribution in [1.82, 2.24) is 10.6 Å². The normalized spacial score (nSPS) is 17.7. The fraction of sp³-hybridized carbons (Fsp3) is 0.846. The van der Waals surface area contributed by atoms with Crippen molar-refractivity contribution in [2.45, 2.75) is 52.0 Å². The molecule has 18 heavy (non-hydrogen) atoms. The zero-order chi connectivity index (χ0) is 13.5. The van der Waals surface area contributed by atoms with Crippen LogP contribution in [0.1, 0.15) is 46.0 Å². The second-order valence-corrected chi connectivity index (χ2v) is 5.50. The number of hydrogen-bond donors (Lipinski definition) is 3. The lowest BCUT2D eigenvalue weighted by molar-refractivity contribution is -0.142. The number of carboxylic acids is 1. The van der Waals surface area contributed by atoms with Gasteiger partial charge in [-0.15, -0.1) is 0 Å². The Bertz CT molecular complexity index is 286. The van der Waals surface area contributed by atoms with Crippen molar-refractivity contribution < 1.29 is 14.7 Å². The predicted octanol–water partition coefficient (Wildman–Crippen LogP) is 1.98. The van der Waals surface area contributed by atoms with Gasteiger partial charge in [0.2, 0.25) is 0 Å². The molecule has 0 heterocycles. The van der Waals surface area contributed by atoms with E-state index in [1.807, 2.05) is 13.8 Å². The molecule has 0 spiro atoms. The molecule has 0 aromatic rings. The molecule has 1 aliphatic rings. The molecule has 5 heteroatoms. The van der Waals surface area contributed by atoms with Gasteiger partial charge in [-0.25, -0.2) is 4.79 Å². The van der Waals surface area contributed by atoms with Gasteiger partial charge in [0.15, 0.2) is 0 Å². The van der Waals surface area contributed by atoms with E-state index in [1.54, 1.807) is 0 Å². The molecule has 1 rings (SSSR count). The second-order valence-electron chi connectivity index (χ2n) is 5.50. The van der Waals surface area contributed by atoms with Crippen LogP contribution in [0.4, 0.5) is 4.79 Å². The lowest BCUT2D eigenvalue weighted by Gasteiger charge is -2.17. The van der Waals surface area contributed by atoms with E-state index in [2.05, 4.69) is 10.6 Å². The number of carbonyl (C=O) groups excluding carboxylic acids is 1. The first-order valence-electron chi connectivity index (χ1n) is 6.76. The summed E-state index contributed by atoms with van der Waals surface area (Å²) in [5.74, 6) is -1.03. The molecule has 0 aromatic heterocycles. The van der Waals surface area contributed by atoms with Crippen molar-refractivity contribution in [3.63, 3.8) is 0 Å². The molecule has 0 aliphatic heterocycles. The Hall–Kier alpha value is -1.26. The maximum atomic E-state index is 11.6. The summed E-state index contributed by atoms with van der Waals surface area (Å²) >= 11 is 0. The summed E-state index contributed by atoms with van der Waals surface area (Å²) in [6.45, 7) is 4.16. The number of nitrogens with one attached hydrogen (secondary N) is 2. The lowest BCUT2D eigenvalue weighted by atomic mass is 9.97. The number of amides is 2. The molecule has 0 radical (unpaired) electrons. The molecule has 1 atom stereocenters. The van der Waals surface area contributed by atoms with E-state index in [0.717, 1.165) is 25.7 Å². The van der Waals surface area contributed by atoms with Crippen LogP contribution >= 0.6 is 0 Å². The molecular weight excluding hydrogens is 232 g/mol. The Morgan fingerprint density at radius 1 is 1.28 bits per heavy atom. The fourth-order valence-electron chi connectivity index (χ4n) is 2.36. The summed E-state index contributed by atoms with van der Waals surface area (Å²) in [5, 5.41) is 14.6. The minimum Gasteiger partial charge on any atom is -0.481 e. The standard InChI is InChI=1S/C13H24N2O3/c1-9(2)7-10(12(16)17)8-14-13(18)15-11-5-3-4-6-11/h9-11H,3-8H2,1-2H3,(H,16,17)(H2,14,15,18). The first-order valence-corrected chi connectivity index (χ1v) is 6.76. The van der Waals surface area contributed by atoms with Gasteiger partial charge in [0, 0.05) is 12.6 Å². The number of carboxylic acid groups (broad SMARTS) is 1. The molecule has 3 N–H and O–H groups in total. The third-order valence-electron chi connectivity index (χ3n) is 3.30. The van der Waals surface area contributed by atoms with Gasteiger partial charge in [0.05, 0.1) is 5.92 Å². The molecule has 104 valence electrons. The van der Waals surface area contributed by atoms with Gasteiger partial charge in [-0.3, -0.25) is 4.79 Å². The molecule has 5 nitrogen and oxygen atoms in total. The highest BCUT2D eigenvalue weighted by Crippen LogP contribution is 2.17. The summed E-state index contributed by atoms with van der Waals surface area (Å²) in [6.07, 6.45) is 4.97. The number of carbonyl (C=O) groups is 2. The topological polar surface area (TPSA) is 78.4 Å². The van der Waals surface area contributed by atoms with E-state index in [0.29, 0.717) is 12.3 Å². The van der Waals surface area contributed by atoms with E-state index >= 15 is 0 Å². The Morgan fingerprint density at radius 2 is 1.89 bits per heavy atom. The number of rotatable bonds is 6. The summed E-state index contributed by atoms with van der Waals surface area (Å²) < 4.78 is 0. The van der Waals surface area contributed by atoms with Crippen molar-refractivity contribution in [2.24, 2.45) is 11.8 Å². The summed E-state index contributed by atoms with van der Waals surface area (Å²) in [7, 11) is 0. The van der Waals surface area contributed by atoms with Crippen molar-refractivity contribution >= 4 is 12.0 Å². The van der Waals surface area contributed by atoms with Gasteiger partial charge in [-0.05, 0) is 25.2 Å². The fourth-order valence-corrected chi connectivity index (χ4v) is 2.36. The second kappa shape index (κ2) is 7.24. The van der Waals surface area contributed by atoms with Crippen LogP contribution in [0.15, 0.2) is 0 Å². The summed E-state index contributed by atoms with van der Waals surface area (Å²) in [4.78, 5) is 22.6.